The zero-order valence-electron chi connectivity index (χ0n) is 16.5. The smallest absolute Gasteiger partial charge is 0.303 e. The molecule has 1 atom stereocenters. The van der Waals surface area contributed by atoms with Crippen molar-refractivity contribution in [1.82, 2.24) is 4.31 Å². The lowest BCUT2D eigenvalue weighted by atomic mass is 10.1. The molecule has 0 saturated heterocycles. The molecule has 7 nitrogen and oxygen atoms in total. The fourth-order valence-corrected chi connectivity index (χ4v) is 3.65. The number of nitrogens with zero attached hydrogens (tertiary/aromatic N) is 1. The second-order valence-electron chi connectivity index (χ2n) is 6.88. The molecular formula is C19H29F2NO6S. The summed E-state index contributed by atoms with van der Waals surface area (Å²) in [5.74, 6) is -3.29. The van der Waals surface area contributed by atoms with Gasteiger partial charge in [-0.2, -0.15) is 4.39 Å². The molecule has 0 spiro atoms. The lowest BCUT2D eigenvalue weighted by Gasteiger charge is -2.20. The van der Waals surface area contributed by atoms with Crippen molar-refractivity contribution in [3.8, 4) is 5.75 Å². The number of hydrogen-bond donors (Lipinski definition) is 2. The van der Waals surface area contributed by atoms with Gasteiger partial charge in [-0.05, 0) is 37.8 Å². The van der Waals surface area contributed by atoms with E-state index in [1.165, 1.54) is 16.4 Å². The first kappa shape index (κ1) is 25.3. The zero-order chi connectivity index (χ0) is 21.9. The molecule has 29 heavy (non-hydrogen) atoms. The van der Waals surface area contributed by atoms with Gasteiger partial charge in [-0.25, -0.2) is 17.1 Å². The van der Waals surface area contributed by atoms with Gasteiger partial charge in [-0.3, -0.25) is 4.79 Å². The maximum atomic E-state index is 13.5. The number of unbranched alkanes of at least 4 members (excludes halogenated alkanes) is 3. The fourth-order valence-electron chi connectivity index (χ4n) is 2.73. The van der Waals surface area contributed by atoms with Gasteiger partial charge in [0, 0.05) is 19.5 Å². The normalized spacial score (nSPS) is 12.9. The van der Waals surface area contributed by atoms with Gasteiger partial charge in [0.25, 0.3) is 0 Å². The van der Waals surface area contributed by atoms with Crippen molar-refractivity contribution in [2.24, 2.45) is 0 Å². The first-order chi connectivity index (χ1) is 13.6. The number of rotatable bonds is 15. The Bertz CT molecular complexity index is 744. The van der Waals surface area contributed by atoms with Crippen LogP contribution in [0, 0.1) is 11.6 Å². The van der Waals surface area contributed by atoms with Gasteiger partial charge in [-0.15, -0.1) is 0 Å². The predicted octanol–water partition coefficient (Wildman–Crippen LogP) is 2.78. The summed E-state index contributed by atoms with van der Waals surface area (Å²) < 4.78 is 56.8. The van der Waals surface area contributed by atoms with Crippen LogP contribution in [0.25, 0.3) is 0 Å². The van der Waals surface area contributed by atoms with E-state index in [0.717, 1.165) is 25.2 Å². The highest BCUT2D eigenvalue weighted by atomic mass is 32.2. The van der Waals surface area contributed by atoms with Gasteiger partial charge in [0.2, 0.25) is 15.8 Å². The number of aliphatic hydroxyl groups is 1. The molecule has 10 heteroatoms. The Balaban J connectivity index is 2.32. The molecule has 0 aromatic heterocycles. The highest BCUT2D eigenvalue weighted by Gasteiger charge is 2.17. The molecule has 0 aliphatic rings. The van der Waals surface area contributed by atoms with Crippen LogP contribution < -0.4 is 4.74 Å². The summed E-state index contributed by atoms with van der Waals surface area (Å²) in [5, 5.41) is 18.5. The molecule has 1 rings (SSSR count). The number of aliphatic carboxylic acids is 1. The Morgan fingerprint density at radius 2 is 1.79 bits per heavy atom. The molecule has 0 bridgehead atoms. The number of carbonyl (C=O) groups is 1. The van der Waals surface area contributed by atoms with Gasteiger partial charge in [-0.1, -0.05) is 18.9 Å². The number of sulfonamides is 1. The highest BCUT2D eigenvalue weighted by molar-refractivity contribution is 7.88. The molecule has 1 aromatic carbocycles. The van der Waals surface area contributed by atoms with Crippen LogP contribution in [0.15, 0.2) is 18.2 Å². The van der Waals surface area contributed by atoms with E-state index in [1.807, 2.05) is 0 Å². The average molecular weight is 438 g/mol. The summed E-state index contributed by atoms with van der Waals surface area (Å²) >= 11 is 0. The Hall–Kier alpha value is -1.78. The van der Waals surface area contributed by atoms with Crippen LogP contribution in [0.1, 0.15) is 44.9 Å². The zero-order valence-corrected chi connectivity index (χ0v) is 17.3. The van der Waals surface area contributed by atoms with Gasteiger partial charge in [0.15, 0.2) is 11.6 Å². The van der Waals surface area contributed by atoms with Crippen molar-refractivity contribution in [3.05, 3.63) is 29.8 Å². The van der Waals surface area contributed by atoms with E-state index < -0.39 is 33.7 Å². The number of hydrogen-bond acceptors (Lipinski definition) is 5. The minimum absolute atomic E-state index is 0.106. The fraction of sp³-hybridized carbons (Fsp3) is 0.632. The summed E-state index contributed by atoms with van der Waals surface area (Å²) in [5.41, 5.74) is 0. The lowest BCUT2D eigenvalue weighted by Crippen LogP contribution is -2.32. The number of ether oxygens (including phenoxy) is 1. The van der Waals surface area contributed by atoms with E-state index in [4.69, 9.17) is 9.84 Å². The quantitative estimate of drug-likeness (QED) is 0.409. The number of halogens is 2. The third-order valence-corrected chi connectivity index (χ3v) is 5.61. The number of carboxylic acids is 1. The lowest BCUT2D eigenvalue weighted by molar-refractivity contribution is -0.137. The molecule has 0 amide bonds. The van der Waals surface area contributed by atoms with Crippen LogP contribution in [-0.4, -0.2) is 61.0 Å². The van der Waals surface area contributed by atoms with E-state index in [9.17, 15) is 27.1 Å². The molecule has 2 N–H and O–H groups in total. The summed E-state index contributed by atoms with van der Waals surface area (Å²) in [6.07, 6.45) is 3.52. The van der Waals surface area contributed by atoms with Crippen LogP contribution >= 0.6 is 0 Å². The summed E-state index contributed by atoms with van der Waals surface area (Å²) in [6, 6.07) is 3.52. The maximum absolute atomic E-state index is 13.5. The minimum atomic E-state index is -3.40. The van der Waals surface area contributed by atoms with Crippen molar-refractivity contribution >= 4 is 16.0 Å². The molecule has 0 aliphatic carbocycles. The van der Waals surface area contributed by atoms with E-state index in [1.54, 1.807) is 0 Å². The molecule has 0 radical (unpaired) electrons. The Labute approximate surface area is 170 Å². The molecule has 0 aliphatic heterocycles. The first-order valence-corrected chi connectivity index (χ1v) is 11.4. The Morgan fingerprint density at radius 1 is 1.14 bits per heavy atom. The third-order valence-electron chi connectivity index (χ3n) is 4.31. The average Bonchev–Trinajstić information content (AvgIpc) is 2.63. The SMILES string of the molecule is CS(=O)(=O)N(CCCCCCC(=O)O)CCCC(O)COc1cccc(F)c1F. The number of aliphatic hydroxyl groups excluding tert-OH is 1. The minimum Gasteiger partial charge on any atom is -0.488 e. The monoisotopic (exact) mass is 437 g/mol. The topological polar surface area (TPSA) is 104 Å². The molecule has 0 heterocycles. The van der Waals surface area contributed by atoms with E-state index in [-0.39, 0.29) is 31.7 Å². The molecule has 0 fully saturated rings. The van der Waals surface area contributed by atoms with Crippen LogP contribution in [0.2, 0.25) is 0 Å². The summed E-state index contributed by atoms with van der Waals surface area (Å²) in [6.45, 7) is 0.315. The van der Waals surface area contributed by atoms with Crippen molar-refractivity contribution in [2.75, 3.05) is 26.0 Å². The highest BCUT2D eigenvalue weighted by Crippen LogP contribution is 2.19. The van der Waals surface area contributed by atoms with Crippen LogP contribution in [0.4, 0.5) is 8.78 Å². The molecule has 1 aromatic rings. The standard InChI is InChI=1S/C19H29F2NO6S/c1-29(26,27)22(12-5-3-2-4-11-18(24)25)13-7-8-15(23)14-28-17-10-6-9-16(20)19(17)21/h6,9-10,15,23H,2-5,7-8,11-14H2,1H3,(H,24,25). The number of benzene rings is 1. The van der Waals surface area contributed by atoms with E-state index in [2.05, 4.69) is 0 Å². The van der Waals surface area contributed by atoms with Crippen molar-refractivity contribution in [3.63, 3.8) is 0 Å². The van der Waals surface area contributed by atoms with Crippen molar-refractivity contribution < 1.29 is 36.9 Å². The predicted molar refractivity (Wildman–Crippen MR) is 104 cm³/mol. The first-order valence-electron chi connectivity index (χ1n) is 9.53. The number of carboxylic acid groups (broad SMARTS) is 1. The molecule has 166 valence electrons. The van der Waals surface area contributed by atoms with Gasteiger partial charge >= 0.3 is 5.97 Å². The van der Waals surface area contributed by atoms with E-state index in [0.29, 0.717) is 25.8 Å². The molecule has 1 unspecified atom stereocenters. The van der Waals surface area contributed by atoms with Gasteiger partial charge in [0.05, 0.1) is 12.4 Å². The summed E-state index contributed by atoms with van der Waals surface area (Å²) in [7, 11) is -3.40. The van der Waals surface area contributed by atoms with Crippen LogP contribution in [0.3, 0.4) is 0 Å². The molecule has 0 saturated carbocycles. The van der Waals surface area contributed by atoms with Gasteiger partial charge < -0.3 is 14.9 Å². The largest absolute Gasteiger partial charge is 0.488 e. The summed E-state index contributed by atoms with van der Waals surface area (Å²) in [4.78, 5) is 10.5. The molecular weight excluding hydrogens is 408 g/mol. The van der Waals surface area contributed by atoms with Crippen LogP contribution in [0.5, 0.6) is 5.75 Å². The second kappa shape index (κ2) is 12.7. The second-order valence-corrected chi connectivity index (χ2v) is 8.86. The Morgan fingerprint density at radius 3 is 2.45 bits per heavy atom. The van der Waals surface area contributed by atoms with E-state index >= 15 is 0 Å². The maximum Gasteiger partial charge on any atom is 0.303 e. The Kier molecular flexibility index (Phi) is 11.1. The van der Waals surface area contributed by atoms with Crippen LogP contribution in [-0.2, 0) is 14.8 Å². The van der Waals surface area contributed by atoms with Crippen molar-refractivity contribution in [2.45, 2.75) is 51.0 Å². The van der Waals surface area contributed by atoms with Crippen molar-refractivity contribution in [1.29, 1.82) is 0 Å². The third kappa shape index (κ3) is 10.5. The van der Waals surface area contributed by atoms with Gasteiger partial charge in [0.1, 0.15) is 6.61 Å².